The van der Waals surface area contributed by atoms with Gasteiger partial charge in [-0.05, 0) is 124 Å². The number of hydrogen-bond acceptors (Lipinski definition) is 12. The molecule has 6 unspecified atom stereocenters. The summed E-state index contributed by atoms with van der Waals surface area (Å²) in [6.07, 6.45) is 8.42. The van der Waals surface area contributed by atoms with Crippen LogP contribution in [0.25, 0.3) is 0 Å². The van der Waals surface area contributed by atoms with Crippen molar-refractivity contribution in [2.75, 3.05) is 26.4 Å². The Hall–Kier alpha value is -5.52. The highest BCUT2D eigenvalue weighted by Crippen LogP contribution is 2.67. The van der Waals surface area contributed by atoms with Crippen LogP contribution in [0.4, 0.5) is 0 Å². The smallest absolute Gasteiger partial charge is 0.330 e. The van der Waals surface area contributed by atoms with Crippen molar-refractivity contribution < 1.29 is 57.1 Å². The standard InChI is InChI=1S/C46H56O12/c1-9-41(47)53-26-29(5)55-39-16-36(17-40(19-39)56-30(6)27-54-42(48)10-2)46-22-33-13-34(23-46)21-45(20-33,28-46)35-14-37(51-24-31(7)57-43(49)11-3)18-38(15-35)52-25-32(8)58-44(50)12-4/h9-12,14-19,29-34H,1-4,13,20-28H2,5-8H3. The molecule has 4 fully saturated rings. The third-order valence-corrected chi connectivity index (χ3v) is 10.9. The predicted octanol–water partition coefficient (Wildman–Crippen LogP) is 7.46. The molecular formula is C46H56O12. The maximum Gasteiger partial charge on any atom is 0.330 e. The number of ether oxygens (including phenoxy) is 8. The zero-order valence-electron chi connectivity index (χ0n) is 34.0. The molecule has 0 N–H and O–H groups in total. The Morgan fingerprint density at radius 2 is 0.914 bits per heavy atom. The first-order valence-corrected chi connectivity index (χ1v) is 19.8. The van der Waals surface area contributed by atoms with E-state index in [9.17, 15) is 19.2 Å². The summed E-state index contributed by atoms with van der Waals surface area (Å²) < 4.78 is 46.4. The average molecular weight is 801 g/mol. The van der Waals surface area contributed by atoms with Crippen LogP contribution in [0.2, 0.25) is 0 Å². The van der Waals surface area contributed by atoms with E-state index in [1.807, 2.05) is 19.9 Å². The van der Waals surface area contributed by atoms with E-state index in [0.29, 0.717) is 34.8 Å². The Bertz CT molecular complexity index is 1750. The fraction of sp³-hybridized carbons (Fsp3) is 0.478. The predicted molar refractivity (Wildman–Crippen MR) is 216 cm³/mol. The molecule has 2 aromatic rings. The van der Waals surface area contributed by atoms with Gasteiger partial charge in [0, 0.05) is 36.4 Å². The number of hydrogen-bond donors (Lipinski definition) is 0. The molecule has 0 amide bonds. The monoisotopic (exact) mass is 800 g/mol. The molecule has 0 aliphatic heterocycles. The van der Waals surface area contributed by atoms with Gasteiger partial charge in [-0.25, -0.2) is 19.2 Å². The van der Waals surface area contributed by atoms with Crippen LogP contribution in [0.1, 0.15) is 77.3 Å². The molecule has 0 aromatic heterocycles. The van der Waals surface area contributed by atoms with E-state index in [0.717, 1.165) is 74.0 Å². The highest BCUT2D eigenvalue weighted by atomic mass is 16.6. The molecule has 0 spiro atoms. The third kappa shape index (κ3) is 11.3. The fourth-order valence-electron chi connectivity index (χ4n) is 9.03. The lowest BCUT2D eigenvalue weighted by atomic mass is 9.41. The maximum atomic E-state index is 11.9. The highest BCUT2D eigenvalue weighted by Gasteiger charge is 2.59. The van der Waals surface area contributed by atoms with Crippen molar-refractivity contribution in [3.05, 3.63) is 98.1 Å². The second-order valence-corrected chi connectivity index (χ2v) is 16.0. The van der Waals surface area contributed by atoms with Gasteiger partial charge in [0.25, 0.3) is 0 Å². The molecule has 312 valence electrons. The van der Waals surface area contributed by atoms with E-state index in [1.54, 1.807) is 19.9 Å². The summed E-state index contributed by atoms with van der Waals surface area (Å²) in [5.74, 6) is 1.05. The van der Waals surface area contributed by atoms with E-state index in [2.05, 4.69) is 50.6 Å². The van der Waals surface area contributed by atoms with Gasteiger partial charge in [-0.15, -0.1) is 0 Å². The maximum absolute atomic E-state index is 11.9. The average Bonchev–Trinajstić information content (AvgIpc) is 3.19. The van der Waals surface area contributed by atoms with Gasteiger partial charge >= 0.3 is 23.9 Å². The molecule has 12 heteroatoms. The molecule has 0 heterocycles. The molecule has 0 radical (unpaired) electrons. The van der Waals surface area contributed by atoms with Gasteiger partial charge < -0.3 is 37.9 Å². The first-order chi connectivity index (χ1) is 27.7. The van der Waals surface area contributed by atoms with Crippen molar-refractivity contribution in [1.82, 2.24) is 0 Å². The van der Waals surface area contributed by atoms with Crippen LogP contribution >= 0.6 is 0 Å². The third-order valence-electron chi connectivity index (χ3n) is 10.9. The normalized spacial score (nSPS) is 23.4. The summed E-state index contributed by atoms with van der Waals surface area (Å²) in [5.41, 5.74) is 1.73. The van der Waals surface area contributed by atoms with Gasteiger partial charge in [0.15, 0.2) is 0 Å². The molecular weight excluding hydrogens is 744 g/mol. The number of rotatable bonds is 22. The Balaban J connectivity index is 1.49. The molecule has 6 rings (SSSR count). The van der Waals surface area contributed by atoms with Gasteiger partial charge in [-0.2, -0.15) is 0 Å². The van der Waals surface area contributed by atoms with Crippen LogP contribution in [0.5, 0.6) is 23.0 Å². The van der Waals surface area contributed by atoms with Crippen LogP contribution in [-0.4, -0.2) is 74.7 Å². The molecule has 4 aliphatic carbocycles. The largest absolute Gasteiger partial charge is 0.490 e. The van der Waals surface area contributed by atoms with Gasteiger partial charge in [0.2, 0.25) is 0 Å². The second-order valence-electron chi connectivity index (χ2n) is 16.0. The quantitative estimate of drug-likeness (QED) is 0.0663. The van der Waals surface area contributed by atoms with Gasteiger partial charge in [0.1, 0.15) is 73.8 Å². The van der Waals surface area contributed by atoms with Gasteiger partial charge in [-0.3, -0.25) is 0 Å². The molecule has 58 heavy (non-hydrogen) atoms. The molecule has 6 atom stereocenters. The molecule has 0 saturated heterocycles. The summed E-state index contributed by atoms with van der Waals surface area (Å²) in [4.78, 5) is 47.3. The fourth-order valence-corrected chi connectivity index (χ4v) is 9.03. The van der Waals surface area contributed by atoms with Crippen LogP contribution in [0, 0.1) is 11.8 Å². The Morgan fingerprint density at radius 1 is 0.552 bits per heavy atom. The number of carbonyl (C=O) groups is 4. The number of benzene rings is 2. The van der Waals surface area contributed by atoms with E-state index in [4.69, 9.17) is 37.9 Å². The highest BCUT2D eigenvalue weighted by molar-refractivity contribution is 5.82. The molecule has 4 bridgehead atoms. The van der Waals surface area contributed by atoms with Gasteiger partial charge in [0.05, 0.1) is 0 Å². The van der Waals surface area contributed by atoms with Crippen molar-refractivity contribution in [2.24, 2.45) is 11.8 Å². The minimum absolute atomic E-state index is 0.0331. The van der Waals surface area contributed by atoms with E-state index in [1.165, 1.54) is 0 Å². The van der Waals surface area contributed by atoms with E-state index >= 15 is 0 Å². The summed E-state index contributed by atoms with van der Waals surface area (Å²) in [6.45, 7) is 21.3. The van der Waals surface area contributed by atoms with Gasteiger partial charge in [-0.1, -0.05) is 26.3 Å². The lowest BCUT2D eigenvalue weighted by Gasteiger charge is -2.62. The Morgan fingerprint density at radius 3 is 1.29 bits per heavy atom. The van der Waals surface area contributed by atoms with Crippen molar-refractivity contribution >= 4 is 23.9 Å². The van der Waals surface area contributed by atoms with E-state index < -0.39 is 48.3 Å². The first kappa shape index (κ1) is 43.6. The lowest BCUT2D eigenvalue weighted by Crippen LogP contribution is -2.56. The number of carbonyl (C=O) groups excluding carboxylic acids is 4. The zero-order valence-corrected chi connectivity index (χ0v) is 34.0. The summed E-state index contributed by atoms with van der Waals surface area (Å²) in [7, 11) is 0. The second kappa shape index (κ2) is 19.3. The Kier molecular flexibility index (Phi) is 14.5. The van der Waals surface area contributed by atoms with Crippen molar-refractivity contribution in [3.8, 4) is 23.0 Å². The zero-order chi connectivity index (χ0) is 42.0. The van der Waals surface area contributed by atoms with Crippen molar-refractivity contribution in [1.29, 1.82) is 0 Å². The topological polar surface area (TPSA) is 142 Å². The van der Waals surface area contributed by atoms with Crippen molar-refractivity contribution in [3.63, 3.8) is 0 Å². The van der Waals surface area contributed by atoms with E-state index in [-0.39, 0.29) is 37.3 Å². The summed E-state index contributed by atoms with van der Waals surface area (Å²) in [5, 5.41) is 0. The minimum Gasteiger partial charge on any atom is -0.490 e. The SMILES string of the molecule is C=CC(=O)OCC(C)Oc1cc(OC(C)COC(=O)C=C)cc(C23CC4CC(CC(c5cc(OCC(C)OC(=O)C=C)cc(OCC(C)OC(=O)C=C)c5)(C4)C2)C3)c1. The summed E-state index contributed by atoms with van der Waals surface area (Å²) in [6, 6.07) is 11.9. The minimum atomic E-state index is -0.533. The van der Waals surface area contributed by atoms with Crippen LogP contribution in [0.15, 0.2) is 87.0 Å². The van der Waals surface area contributed by atoms with Crippen LogP contribution < -0.4 is 18.9 Å². The molecule has 4 aliphatic rings. The van der Waals surface area contributed by atoms with Crippen LogP contribution in [0.3, 0.4) is 0 Å². The number of esters is 4. The summed E-state index contributed by atoms with van der Waals surface area (Å²) >= 11 is 0. The lowest BCUT2D eigenvalue weighted by molar-refractivity contribution is -0.144. The van der Waals surface area contributed by atoms with Crippen LogP contribution in [-0.2, 0) is 49.0 Å². The van der Waals surface area contributed by atoms with Crippen molar-refractivity contribution in [2.45, 2.75) is 101 Å². The molecule has 2 aromatic carbocycles. The first-order valence-electron chi connectivity index (χ1n) is 19.8. The molecule has 4 saturated carbocycles. The Labute approximate surface area is 341 Å². The molecule has 12 nitrogen and oxygen atoms in total.